The van der Waals surface area contributed by atoms with Crippen molar-refractivity contribution in [3.05, 3.63) is 48.0 Å². The minimum atomic E-state index is -1.26. The van der Waals surface area contributed by atoms with Crippen LogP contribution in [0.25, 0.3) is 0 Å². The Morgan fingerprint density at radius 1 is 1.00 bits per heavy atom. The van der Waals surface area contributed by atoms with E-state index in [2.05, 4.69) is 0 Å². The van der Waals surface area contributed by atoms with Crippen LogP contribution in [-0.2, 0) is 9.59 Å². The fourth-order valence-electron chi connectivity index (χ4n) is 0.971. The van der Waals surface area contributed by atoms with Gasteiger partial charge in [-0.2, -0.15) is 0 Å². The lowest BCUT2D eigenvalue weighted by atomic mass is 10.1. The van der Waals surface area contributed by atoms with E-state index in [9.17, 15) is 14.4 Å². The third kappa shape index (κ3) is 7.81. The molecule has 0 unspecified atom stereocenters. The maximum absolute atomic E-state index is 11.0. The molecule has 1 rings (SSSR count). The Morgan fingerprint density at radius 3 is 1.78 bits per heavy atom. The van der Waals surface area contributed by atoms with Crippen LogP contribution < -0.4 is 0 Å². The molecule has 0 atom stereocenters. The Labute approximate surface area is 104 Å². The molecule has 0 fully saturated rings. The molecule has 5 heteroatoms. The molecule has 18 heavy (non-hydrogen) atoms. The van der Waals surface area contributed by atoms with Crippen LogP contribution in [0.1, 0.15) is 23.7 Å². The smallest absolute Gasteiger partial charge is 0.328 e. The van der Waals surface area contributed by atoms with Gasteiger partial charge in [0.2, 0.25) is 0 Å². The van der Waals surface area contributed by atoms with Gasteiger partial charge in [-0.3, -0.25) is 4.79 Å². The first-order valence-corrected chi connectivity index (χ1v) is 5.19. The van der Waals surface area contributed by atoms with E-state index in [1.165, 1.54) is 0 Å². The average molecular weight is 250 g/mol. The van der Waals surface area contributed by atoms with Gasteiger partial charge in [0.15, 0.2) is 5.78 Å². The number of ketones is 1. The molecule has 0 aliphatic rings. The summed E-state index contributed by atoms with van der Waals surface area (Å²) in [5, 5.41) is 15.6. The van der Waals surface area contributed by atoms with E-state index < -0.39 is 11.9 Å². The minimum Gasteiger partial charge on any atom is -0.478 e. The molecular formula is C13H14O5. The van der Waals surface area contributed by atoms with Crippen molar-refractivity contribution in [2.75, 3.05) is 0 Å². The van der Waals surface area contributed by atoms with E-state index in [0.29, 0.717) is 18.6 Å². The molecule has 96 valence electrons. The van der Waals surface area contributed by atoms with Crippen LogP contribution in [0.3, 0.4) is 0 Å². The molecule has 0 aromatic heterocycles. The van der Waals surface area contributed by atoms with Crippen molar-refractivity contribution in [1.29, 1.82) is 0 Å². The molecule has 5 nitrogen and oxygen atoms in total. The summed E-state index contributed by atoms with van der Waals surface area (Å²) in [5.74, 6) is -2.31. The van der Waals surface area contributed by atoms with Crippen LogP contribution in [0.15, 0.2) is 42.5 Å². The summed E-state index contributed by atoms with van der Waals surface area (Å²) in [6.07, 6.45) is 1.70. The van der Waals surface area contributed by atoms with E-state index in [-0.39, 0.29) is 5.78 Å². The van der Waals surface area contributed by atoms with Gasteiger partial charge in [-0.05, 0) is 0 Å². The quantitative estimate of drug-likeness (QED) is 0.629. The maximum atomic E-state index is 11.0. The molecule has 0 radical (unpaired) electrons. The van der Waals surface area contributed by atoms with Gasteiger partial charge in [0.05, 0.1) is 0 Å². The van der Waals surface area contributed by atoms with E-state index in [1.807, 2.05) is 37.3 Å². The molecule has 0 amide bonds. The highest BCUT2D eigenvalue weighted by Gasteiger charge is 1.98. The molecule has 0 aliphatic heterocycles. The second-order valence-corrected chi connectivity index (χ2v) is 3.15. The number of Topliss-reactive ketones (excluding diaryl/α,β-unsaturated/α-hetero) is 1. The number of benzene rings is 1. The molecule has 0 bridgehead atoms. The van der Waals surface area contributed by atoms with E-state index in [0.717, 1.165) is 5.56 Å². The number of carbonyl (C=O) groups is 3. The number of hydrogen-bond donors (Lipinski definition) is 2. The summed E-state index contributed by atoms with van der Waals surface area (Å²) in [6, 6.07) is 9.34. The zero-order valence-corrected chi connectivity index (χ0v) is 9.87. The molecule has 1 aromatic carbocycles. The second-order valence-electron chi connectivity index (χ2n) is 3.15. The monoisotopic (exact) mass is 250 g/mol. The van der Waals surface area contributed by atoms with Crippen molar-refractivity contribution in [2.24, 2.45) is 0 Å². The molecule has 1 aromatic rings. The molecule has 0 heterocycles. The summed E-state index contributed by atoms with van der Waals surface area (Å²) in [7, 11) is 0. The highest BCUT2D eigenvalue weighted by molar-refractivity contribution is 5.95. The number of hydrogen-bond acceptors (Lipinski definition) is 3. The SMILES string of the molecule is CCC(=O)c1ccccc1.O=C(O)/C=C/C(=O)O. The van der Waals surface area contributed by atoms with Crippen LogP contribution in [-0.4, -0.2) is 27.9 Å². The maximum Gasteiger partial charge on any atom is 0.328 e. The van der Waals surface area contributed by atoms with E-state index in [4.69, 9.17) is 10.2 Å². The normalized spacial score (nSPS) is 9.39. The largest absolute Gasteiger partial charge is 0.478 e. The van der Waals surface area contributed by atoms with Gasteiger partial charge in [-0.1, -0.05) is 37.3 Å². The lowest BCUT2D eigenvalue weighted by Crippen LogP contribution is -1.94. The van der Waals surface area contributed by atoms with Crippen LogP contribution in [0, 0.1) is 0 Å². The summed E-state index contributed by atoms with van der Waals surface area (Å²) in [5.41, 5.74) is 0.810. The van der Waals surface area contributed by atoms with Crippen molar-refractivity contribution in [3.8, 4) is 0 Å². The second kappa shape index (κ2) is 8.69. The van der Waals surface area contributed by atoms with Gasteiger partial charge in [-0.15, -0.1) is 0 Å². The van der Waals surface area contributed by atoms with Gasteiger partial charge < -0.3 is 10.2 Å². The van der Waals surface area contributed by atoms with Crippen LogP contribution >= 0.6 is 0 Å². The van der Waals surface area contributed by atoms with E-state index >= 15 is 0 Å². The molecule has 0 saturated heterocycles. The third-order valence-corrected chi connectivity index (χ3v) is 1.79. The third-order valence-electron chi connectivity index (χ3n) is 1.79. The highest BCUT2D eigenvalue weighted by Crippen LogP contribution is 2.01. The first kappa shape index (κ1) is 15.6. The molecule has 0 spiro atoms. The standard InChI is InChI=1S/C9H10O.C4H4O4/c1-2-9(10)8-6-4-3-5-7-8;5-3(6)1-2-4(7)8/h3-7H,2H2,1H3;1-2H,(H,5,6)(H,7,8)/b;2-1+. The minimum absolute atomic E-state index is 0.209. The number of carboxylic acids is 2. The lowest BCUT2D eigenvalue weighted by Gasteiger charge is -1.93. The van der Waals surface area contributed by atoms with Gasteiger partial charge in [-0.25, -0.2) is 9.59 Å². The van der Waals surface area contributed by atoms with Gasteiger partial charge in [0.25, 0.3) is 0 Å². The summed E-state index contributed by atoms with van der Waals surface area (Å²) >= 11 is 0. The molecule has 0 aliphatic carbocycles. The van der Waals surface area contributed by atoms with Gasteiger partial charge >= 0.3 is 11.9 Å². The van der Waals surface area contributed by atoms with Crippen molar-refractivity contribution in [1.82, 2.24) is 0 Å². The van der Waals surface area contributed by atoms with Crippen LogP contribution in [0.5, 0.6) is 0 Å². The molecular weight excluding hydrogens is 236 g/mol. The number of carbonyl (C=O) groups excluding carboxylic acids is 1. The fourth-order valence-corrected chi connectivity index (χ4v) is 0.971. The van der Waals surface area contributed by atoms with E-state index in [1.54, 1.807) is 0 Å². The molecule has 2 N–H and O–H groups in total. The summed E-state index contributed by atoms with van der Waals surface area (Å²) in [4.78, 5) is 30.1. The Balaban J connectivity index is 0.000000331. The topological polar surface area (TPSA) is 91.7 Å². The Bertz CT molecular complexity index is 418. The Morgan fingerprint density at radius 2 is 1.44 bits per heavy atom. The number of aliphatic carboxylic acids is 2. The molecule has 0 saturated carbocycles. The number of carboxylic acid groups (broad SMARTS) is 2. The highest BCUT2D eigenvalue weighted by atomic mass is 16.4. The first-order chi connectivity index (χ1) is 8.47. The fraction of sp³-hybridized carbons (Fsp3) is 0.154. The van der Waals surface area contributed by atoms with Crippen molar-refractivity contribution in [3.63, 3.8) is 0 Å². The average Bonchev–Trinajstić information content (AvgIpc) is 2.37. The first-order valence-electron chi connectivity index (χ1n) is 5.19. The lowest BCUT2D eigenvalue weighted by molar-refractivity contribution is -0.134. The summed E-state index contributed by atoms with van der Waals surface area (Å²) < 4.78 is 0. The number of rotatable bonds is 4. The van der Waals surface area contributed by atoms with Crippen molar-refractivity contribution in [2.45, 2.75) is 13.3 Å². The van der Waals surface area contributed by atoms with Crippen molar-refractivity contribution < 1.29 is 24.6 Å². The van der Waals surface area contributed by atoms with Crippen LogP contribution in [0.4, 0.5) is 0 Å². The van der Waals surface area contributed by atoms with Gasteiger partial charge in [0.1, 0.15) is 0 Å². The van der Waals surface area contributed by atoms with Crippen molar-refractivity contribution >= 4 is 17.7 Å². The van der Waals surface area contributed by atoms with Crippen LogP contribution in [0.2, 0.25) is 0 Å². The Hall–Kier alpha value is -2.43. The predicted octanol–water partition coefficient (Wildman–Crippen LogP) is 1.99. The zero-order chi connectivity index (χ0) is 14.0. The zero-order valence-electron chi connectivity index (χ0n) is 9.87. The summed E-state index contributed by atoms with van der Waals surface area (Å²) in [6.45, 7) is 1.87. The van der Waals surface area contributed by atoms with Gasteiger partial charge in [0, 0.05) is 24.1 Å². The predicted molar refractivity (Wildman–Crippen MR) is 65.5 cm³/mol. The Kier molecular flexibility index (Phi) is 7.52.